The van der Waals surface area contributed by atoms with Gasteiger partial charge in [0, 0.05) is 11.8 Å². The van der Waals surface area contributed by atoms with E-state index in [1.807, 2.05) is 11.8 Å². The molecule has 1 aromatic carbocycles. The number of nitrogens with one attached hydrogen (secondary N) is 1. The molecule has 0 aromatic heterocycles. The summed E-state index contributed by atoms with van der Waals surface area (Å²) in [5.41, 5.74) is 7.02. The van der Waals surface area contributed by atoms with Crippen LogP contribution in [0.25, 0.3) is 0 Å². The molecule has 102 valence electrons. The molecule has 0 aliphatic carbocycles. The number of benzene rings is 1. The van der Waals surface area contributed by atoms with E-state index in [0.29, 0.717) is 6.04 Å². The third-order valence-corrected chi connectivity index (χ3v) is 4.60. The summed E-state index contributed by atoms with van der Waals surface area (Å²) >= 11 is 1.98. The van der Waals surface area contributed by atoms with Gasteiger partial charge in [-0.15, -0.1) is 0 Å². The lowest BCUT2D eigenvalue weighted by Crippen LogP contribution is -2.38. The lowest BCUT2D eigenvalue weighted by atomic mass is 10.0. The van der Waals surface area contributed by atoms with Crippen molar-refractivity contribution < 1.29 is 0 Å². The monoisotopic (exact) mass is 266 g/mol. The largest absolute Gasteiger partial charge is 0.271 e. The number of nitrogens with two attached hydrogens (primary N) is 1. The highest BCUT2D eigenvalue weighted by Gasteiger charge is 2.09. The first-order valence-electron chi connectivity index (χ1n) is 6.63. The smallest absolute Gasteiger partial charge is 0.0341 e. The molecule has 0 saturated heterocycles. The molecule has 1 atom stereocenters. The zero-order chi connectivity index (χ0) is 13.5. The Morgan fingerprint density at radius 2 is 1.89 bits per heavy atom. The molecule has 0 saturated carbocycles. The molecule has 1 aromatic rings. The van der Waals surface area contributed by atoms with Gasteiger partial charge in [-0.25, -0.2) is 0 Å². The number of rotatable bonds is 7. The Morgan fingerprint density at radius 3 is 2.44 bits per heavy atom. The summed E-state index contributed by atoms with van der Waals surface area (Å²) in [7, 11) is 0. The van der Waals surface area contributed by atoms with Crippen molar-refractivity contribution in [2.75, 3.05) is 11.5 Å². The van der Waals surface area contributed by atoms with Gasteiger partial charge in [-0.1, -0.05) is 32.0 Å². The molecule has 2 nitrogen and oxygen atoms in total. The first kappa shape index (κ1) is 15.5. The van der Waals surface area contributed by atoms with Crippen LogP contribution in [0, 0.1) is 19.8 Å². The van der Waals surface area contributed by atoms with Crippen LogP contribution < -0.4 is 11.3 Å². The molecule has 0 fully saturated rings. The van der Waals surface area contributed by atoms with E-state index < -0.39 is 0 Å². The van der Waals surface area contributed by atoms with Gasteiger partial charge >= 0.3 is 0 Å². The van der Waals surface area contributed by atoms with Gasteiger partial charge in [0.2, 0.25) is 0 Å². The van der Waals surface area contributed by atoms with Gasteiger partial charge in [0.15, 0.2) is 0 Å². The van der Waals surface area contributed by atoms with Crippen molar-refractivity contribution in [2.45, 2.75) is 40.2 Å². The maximum Gasteiger partial charge on any atom is 0.0341 e. The van der Waals surface area contributed by atoms with E-state index in [9.17, 15) is 0 Å². The molecule has 1 unspecified atom stereocenters. The van der Waals surface area contributed by atoms with Crippen molar-refractivity contribution in [3.63, 3.8) is 0 Å². The lowest BCUT2D eigenvalue weighted by molar-refractivity contribution is 0.574. The predicted octanol–water partition coefficient (Wildman–Crippen LogP) is 3.07. The van der Waals surface area contributed by atoms with E-state index >= 15 is 0 Å². The van der Waals surface area contributed by atoms with E-state index in [1.165, 1.54) is 22.4 Å². The fourth-order valence-corrected chi connectivity index (χ4v) is 2.93. The van der Waals surface area contributed by atoms with Crippen LogP contribution >= 0.6 is 11.8 Å². The van der Waals surface area contributed by atoms with Gasteiger partial charge in [0.1, 0.15) is 0 Å². The van der Waals surface area contributed by atoms with Gasteiger partial charge in [0.05, 0.1) is 0 Å². The molecule has 0 aliphatic rings. The summed E-state index contributed by atoms with van der Waals surface area (Å²) in [6.07, 6.45) is 1.00. The number of hydrazine groups is 1. The second-order valence-electron chi connectivity index (χ2n) is 5.42. The van der Waals surface area contributed by atoms with E-state index in [0.717, 1.165) is 18.1 Å². The molecule has 18 heavy (non-hydrogen) atoms. The minimum absolute atomic E-state index is 0.357. The van der Waals surface area contributed by atoms with Crippen LogP contribution in [-0.4, -0.2) is 17.5 Å². The fourth-order valence-electron chi connectivity index (χ4n) is 1.83. The Kier molecular flexibility index (Phi) is 6.76. The highest BCUT2D eigenvalue weighted by molar-refractivity contribution is 7.99. The summed E-state index contributed by atoms with van der Waals surface area (Å²) in [6.45, 7) is 8.82. The van der Waals surface area contributed by atoms with Crippen LogP contribution in [0.15, 0.2) is 18.2 Å². The standard InChI is InChI=1S/C15H26N2S/c1-11(2)9-18-10-15(17-16)8-14-6-5-12(3)13(4)7-14/h5-7,11,15,17H,8-10,16H2,1-4H3. The minimum Gasteiger partial charge on any atom is -0.271 e. The second-order valence-corrected chi connectivity index (χ2v) is 6.49. The van der Waals surface area contributed by atoms with Crippen molar-refractivity contribution >= 4 is 11.8 Å². The average molecular weight is 266 g/mol. The SMILES string of the molecule is Cc1ccc(CC(CSCC(C)C)NN)cc1C. The molecule has 3 N–H and O–H groups in total. The van der Waals surface area contributed by atoms with Crippen molar-refractivity contribution in [3.05, 3.63) is 34.9 Å². The minimum atomic E-state index is 0.357. The molecule has 0 radical (unpaired) electrons. The summed E-state index contributed by atoms with van der Waals surface area (Å²) in [6, 6.07) is 7.03. The number of thioether (sulfide) groups is 1. The van der Waals surface area contributed by atoms with E-state index in [2.05, 4.69) is 51.3 Å². The fraction of sp³-hybridized carbons (Fsp3) is 0.600. The van der Waals surface area contributed by atoms with Gasteiger partial charge in [-0.2, -0.15) is 11.8 Å². The van der Waals surface area contributed by atoms with E-state index in [-0.39, 0.29) is 0 Å². The van der Waals surface area contributed by atoms with Gasteiger partial charge < -0.3 is 0 Å². The number of aryl methyl sites for hydroxylation is 2. The summed E-state index contributed by atoms with van der Waals surface area (Å²) in [5.74, 6) is 8.66. The molecule has 0 amide bonds. The predicted molar refractivity (Wildman–Crippen MR) is 82.9 cm³/mol. The molecular formula is C15H26N2S. The molecule has 3 heteroatoms. The van der Waals surface area contributed by atoms with Crippen LogP contribution in [0.5, 0.6) is 0 Å². The highest BCUT2D eigenvalue weighted by Crippen LogP contribution is 2.14. The Bertz CT molecular complexity index is 364. The maximum atomic E-state index is 5.64. The first-order chi connectivity index (χ1) is 8.52. The van der Waals surface area contributed by atoms with Crippen LogP contribution in [0.3, 0.4) is 0 Å². The number of hydrogen-bond acceptors (Lipinski definition) is 3. The molecular weight excluding hydrogens is 240 g/mol. The van der Waals surface area contributed by atoms with Crippen LogP contribution in [0.2, 0.25) is 0 Å². The van der Waals surface area contributed by atoms with Crippen LogP contribution in [-0.2, 0) is 6.42 Å². The Labute approximate surface area is 116 Å². The zero-order valence-electron chi connectivity index (χ0n) is 12.0. The first-order valence-corrected chi connectivity index (χ1v) is 7.78. The average Bonchev–Trinajstić information content (AvgIpc) is 2.32. The molecule has 0 bridgehead atoms. The van der Waals surface area contributed by atoms with E-state index in [1.54, 1.807) is 0 Å². The lowest BCUT2D eigenvalue weighted by Gasteiger charge is -2.17. The Morgan fingerprint density at radius 1 is 1.17 bits per heavy atom. The van der Waals surface area contributed by atoms with E-state index in [4.69, 9.17) is 5.84 Å². The van der Waals surface area contributed by atoms with Crippen LogP contribution in [0.1, 0.15) is 30.5 Å². The quantitative estimate of drug-likeness (QED) is 0.588. The number of hydrogen-bond donors (Lipinski definition) is 2. The molecule has 1 rings (SSSR count). The summed E-state index contributed by atoms with van der Waals surface area (Å²) < 4.78 is 0. The van der Waals surface area contributed by atoms with Gasteiger partial charge in [0.25, 0.3) is 0 Å². The van der Waals surface area contributed by atoms with Crippen molar-refractivity contribution in [1.29, 1.82) is 0 Å². The third kappa shape index (κ3) is 5.42. The molecule has 0 heterocycles. The highest BCUT2D eigenvalue weighted by atomic mass is 32.2. The zero-order valence-corrected chi connectivity index (χ0v) is 12.8. The molecule has 0 aliphatic heterocycles. The second kappa shape index (κ2) is 7.82. The molecule has 0 spiro atoms. The topological polar surface area (TPSA) is 38.0 Å². The maximum absolute atomic E-state index is 5.64. The summed E-state index contributed by atoms with van der Waals surface area (Å²) in [4.78, 5) is 0. The van der Waals surface area contributed by atoms with Gasteiger partial charge in [-0.05, 0) is 48.6 Å². The van der Waals surface area contributed by atoms with Crippen molar-refractivity contribution in [1.82, 2.24) is 5.43 Å². The van der Waals surface area contributed by atoms with Crippen molar-refractivity contribution in [2.24, 2.45) is 11.8 Å². The Balaban J connectivity index is 2.49. The van der Waals surface area contributed by atoms with Crippen molar-refractivity contribution in [3.8, 4) is 0 Å². The van der Waals surface area contributed by atoms with Crippen LogP contribution in [0.4, 0.5) is 0 Å². The normalized spacial score (nSPS) is 13.0. The summed E-state index contributed by atoms with van der Waals surface area (Å²) in [5, 5.41) is 0. The Hall–Kier alpha value is -0.510. The third-order valence-electron chi connectivity index (χ3n) is 3.06. The van der Waals surface area contributed by atoms with Gasteiger partial charge in [-0.3, -0.25) is 11.3 Å².